The predicted molar refractivity (Wildman–Crippen MR) is 60.4 cm³/mol. The minimum Gasteiger partial charge on any atom is -0.299 e. The fourth-order valence-corrected chi connectivity index (χ4v) is 2.02. The molecule has 0 saturated carbocycles. The molecule has 4 heteroatoms. The van der Waals surface area contributed by atoms with Crippen molar-refractivity contribution < 1.29 is 4.79 Å². The molecule has 0 bridgehead atoms. The highest BCUT2D eigenvalue weighted by Gasteiger charge is 2.01. The minimum atomic E-state index is 0.766. The van der Waals surface area contributed by atoms with Crippen molar-refractivity contribution in [3.63, 3.8) is 0 Å². The van der Waals surface area contributed by atoms with E-state index in [0.717, 1.165) is 21.7 Å². The van der Waals surface area contributed by atoms with Gasteiger partial charge in [-0.15, -0.1) is 11.3 Å². The maximum Gasteiger partial charge on any atom is 0.142 e. The minimum absolute atomic E-state index is 0.766. The van der Waals surface area contributed by atoms with Crippen LogP contribution in [0.2, 0.25) is 0 Å². The number of aromatic nitrogens is 2. The maximum atomic E-state index is 10.2. The Morgan fingerprint density at radius 2 is 2.20 bits per heavy atom. The van der Waals surface area contributed by atoms with E-state index in [4.69, 9.17) is 0 Å². The average Bonchev–Trinajstić information content (AvgIpc) is 2.76. The molecule has 2 aromatic heterocycles. The lowest BCUT2D eigenvalue weighted by atomic mass is 10.3. The van der Waals surface area contributed by atoms with Gasteiger partial charge in [0, 0.05) is 17.3 Å². The summed E-state index contributed by atoms with van der Waals surface area (Å²) in [6, 6.07) is 3.92. The molecule has 0 radical (unpaired) electrons. The number of hydrogen-bond acceptors (Lipinski definition) is 4. The van der Waals surface area contributed by atoms with Crippen LogP contribution in [0.4, 0.5) is 0 Å². The van der Waals surface area contributed by atoms with Gasteiger partial charge in [0.05, 0.1) is 16.8 Å². The van der Waals surface area contributed by atoms with Crippen LogP contribution in [0.15, 0.2) is 36.8 Å². The van der Waals surface area contributed by atoms with Crippen LogP contribution < -0.4 is 0 Å². The molecule has 0 aliphatic carbocycles. The molecule has 0 spiro atoms. The van der Waals surface area contributed by atoms with Gasteiger partial charge in [0.25, 0.3) is 0 Å². The Balaban J connectivity index is 2.28. The summed E-state index contributed by atoms with van der Waals surface area (Å²) in [4.78, 5) is 20.4. The zero-order valence-electron chi connectivity index (χ0n) is 7.83. The van der Waals surface area contributed by atoms with Crippen molar-refractivity contribution in [2.24, 2.45) is 0 Å². The van der Waals surface area contributed by atoms with E-state index in [-0.39, 0.29) is 0 Å². The molecule has 2 aromatic rings. The average molecular weight is 216 g/mol. The van der Waals surface area contributed by atoms with E-state index in [1.165, 1.54) is 6.08 Å². The second kappa shape index (κ2) is 4.61. The third-order valence-electron chi connectivity index (χ3n) is 1.78. The lowest BCUT2D eigenvalue weighted by molar-refractivity contribution is -0.104. The number of hydrogen-bond donors (Lipinski definition) is 0. The van der Waals surface area contributed by atoms with E-state index >= 15 is 0 Å². The normalized spacial score (nSPS) is 10.7. The van der Waals surface area contributed by atoms with Crippen LogP contribution in [0.5, 0.6) is 0 Å². The van der Waals surface area contributed by atoms with Gasteiger partial charge in [0.1, 0.15) is 6.29 Å². The van der Waals surface area contributed by atoms with Gasteiger partial charge in [0.2, 0.25) is 0 Å². The summed E-state index contributed by atoms with van der Waals surface area (Å²) in [6.07, 6.45) is 9.05. The molecule has 0 aromatic carbocycles. The van der Waals surface area contributed by atoms with Crippen LogP contribution in [-0.2, 0) is 4.79 Å². The predicted octanol–water partition coefficient (Wildman–Crippen LogP) is 2.42. The van der Waals surface area contributed by atoms with Crippen LogP contribution in [0.25, 0.3) is 16.6 Å². The molecule has 2 heterocycles. The zero-order chi connectivity index (χ0) is 10.5. The highest BCUT2D eigenvalue weighted by Crippen LogP contribution is 2.26. The topological polar surface area (TPSA) is 42.9 Å². The Morgan fingerprint density at radius 3 is 2.93 bits per heavy atom. The molecule has 0 fully saturated rings. The first-order valence-corrected chi connectivity index (χ1v) is 5.20. The van der Waals surface area contributed by atoms with Gasteiger partial charge in [-0.1, -0.05) is 0 Å². The number of aldehydes is 1. The first-order chi connectivity index (χ1) is 7.40. The summed E-state index contributed by atoms with van der Waals surface area (Å²) in [5.41, 5.74) is 0.855. The van der Waals surface area contributed by atoms with Crippen molar-refractivity contribution >= 4 is 23.7 Å². The molecule has 0 aliphatic heterocycles. The molecular formula is C11H8N2OS. The third kappa shape index (κ3) is 2.35. The van der Waals surface area contributed by atoms with Crippen molar-refractivity contribution in [3.05, 3.63) is 41.7 Å². The molecular weight excluding hydrogens is 208 g/mol. The Kier molecular flexibility index (Phi) is 2.99. The van der Waals surface area contributed by atoms with E-state index in [1.54, 1.807) is 36.0 Å². The van der Waals surface area contributed by atoms with Gasteiger partial charge >= 0.3 is 0 Å². The lowest BCUT2D eigenvalue weighted by Crippen LogP contribution is -1.79. The van der Waals surface area contributed by atoms with Crippen molar-refractivity contribution in [2.75, 3.05) is 0 Å². The molecule has 2 rings (SSSR count). The summed E-state index contributed by atoms with van der Waals surface area (Å²) < 4.78 is 0. The van der Waals surface area contributed by atoms with E-state index in [0.29, 0.717) is 0 Å². The Bertz CT molecular complexity index is 476. The van der Waals surface area contributed by atoms with Gasteiger partial charge in [-0.2, -0.15) is 0 Å². The first kappa shape index (κ1) is 9.73. The fourth-order valence-electron chi connectivity index (χ4n) is 1.14. The molecule has 0 aliphatic rings. The number of carbonyl (C=O) groups is 1. The van der Waals surface area contributed by atoms with Crippen LogP contribution in [0, 0.1) is 0 Å². The van der Waals surface area contributed by atoms with Crippen molar-refractivity contribution in [1.82, 2.24) is 9.97 Å². The van der Waals surface area contributed by atoms with E-state index in [2.05, 4.69) is 9.97 Å². The summed E-state index contributed by atoms with van der Waals surface area (Å²) in [7, 11) is 0. The standard InChI is InChI=1S/C11H8N2OS/c14-7-1-2-9-3-4-11(15-9)10-8-12-5-6-13-10/h1-8H/b2-1+. The number of nitrogens with zero attached hydrogens (tertiary/aromatic N) is 2. The van der Waals surface area contributed by atoms with E-state index in [1.807, 2.05) is 12.1 Å². The molecule has 0 atom stereocenters. The molecule has 3 nitrogen and oxygen atoms in total. The van der Waals surface area contributed by atoms with Gasteiger partial charge in [-0.3, -0.25) is 14.8 Å². The molecule has 74 valence electrons. The quantitative estimate of drug-likeness (QED) is 0.584. The summed E-state index contributed by atoms with van der Waals surface area (Å²) in [6.45, 7) is 0. The smallest absolute Gasteiger partial charge is 0.142 e. The van der Waals surface area contributed by atoms with E-state index in [9.17, 15) is 4.79 Å². The Morgan fingerprint density at radius 1 is 1.27 bits per heavy atom. The molecule has 0 amide bonds. The van der Waals surface area contributed by atoms with Gasteiger partial charge in [-0.05, 0) is 24.3 Å². The second-order valence-electron chi connectivity index (χ2n) is 2.79. The number of thiophene rings is 1. The van der Waals surface area contributed by atoms with E-state index < -0.39 is 0 Å². The van der Waals surface area contributed by atoms with Crippen molar-refractivity contribution in [3.8, 4) is 10.6 Å². The van der Waals surface area contributed by atoms with Crippen molar-refractivity contribution in [1.29, 1.82) is 0 Å². The number of rotatable bonds is 3. The molecule has 0 N–H and O–H groups in total. The second-order valence-corrected chi connectivity index (χ2v) is 3.90. The highest BCUT2D eigenvalue weighted by atomic mass is 32.1. The van der Waals surface area contributed by atoms with Crippen molar-refractivity contribution in [2.45, 2.75) is 0 Å². The maximum absolute atomic E-state index is 10.2. The first-order valence-electron chi connectivity index (χ1n) is 4.38. The van der Waals surface area contributed by atoms with Crippen LogP contribution >= 0.6 is 11.3 Å². The van der Waals surface area contributed by atoms with Gasteiger partial charge in [-0.25, -0.2) is 0 Å². The fraction of sp³-hybridized carbons (Fsp3) is 0. The van der Waals surface area contributed by atoms with Gasteiger partial charge < -0.3 is 0 Å². The molecule has 15 heavy (non-hydrogen) atoms. The number of allylic oxidation sites excluding steroid dienone is 1. The van der Waals surface area contributed by atoms with Crippen LogP contribution in [-0.4, -0.2) is 16.3 Å². The Labute approximate surface area is 91.1 Å². The summed E-state index contributed by atoms with van der Waals surface area (Å²) in [5, 5.41) is 0. The lowest BCUT2D eigenvalue weighted by Gasteiger charge is -1.92. The monoisotopic (exact) mass is 216 g/mol. The third-order valence-corrected chi connectivity index (χ3v) is 2.85. The molecule has 0 unspecified atom stereocenters. The SMILES string of the molecule is O=C/C=C/c1ccc(-c2cnccn2)s1. The number of carbonyl (C=O) groups excluding carboxylic acids is 1. The largest absolute Gasteiger partial charge is 0.299 e. The molecule has 0 saturated heterocycles. The summed E-state index contributed by atoms with van der Waals surface area (Å²) in [5.74, 6) is 0. The Hall–Kier alpha value is -1.81. The van der Waals surface area contributed by atoms with Crippen LogP contribution in [0.1, 0.15) is 4.88 Å². The zero-order valence-corrected chi connectivity index (χ0v) is 8.65. The summed E-state index contributed by atoms with van der Waals surface area (Å²) >= 11 is 1.58. The van der Waals surface area contributed by atoms with Gasteiger partial charge in [0.15, 0.2) is 0 Å². The highest BCUT2D eigenvalue weighted by molar-refractivity contribution is 7.16. The van der Waals surface area contributed by atoms with Crippen LogP contribution in [0.3, 0.4) is 0 Å².